The number of hydrogen-bond acceptors (Lipinski definition) is 2. The predicted octanol–water partition coefficient (Wildman–Crippen LogP) is 4.73. The van der Waals surface area contributed by atoms with Crippen molar-refractivity contribution in [3.8, 4) is 0 Å². The van der Waals surface area contributed by atoms with Crippen LogP contribution in [0.2, 0.25) is 0 Å². The third-order valence-electron chi connectivity index (χ3n) is 3.87. The summed E-state index contributed by atoms with van der Waals surface area (Å²) in [4.78, 5) is 12.6. The maximum atomic E-state index is 13.3. The van der Waals surface area contributed by atoms with E-state index in [-0.39, 0.29) is 17.4 Å². The van der Waals surface area contributed by atoms with Gasteiger partial charge in [0.25, 0.3) is 0 Å². The number of rotatable bonds is 2. The average molecular weight is 282 g/mol. The highest BCUT2D eigenvalue weighted by Crippen LogP contribution is 2.28. The van der Waals surface area contributed by atoms with Gasteiger partial charge in [0.1, 0.15) is 11.4 Å². The number of fused-ring (bicyclic) bond motifs is 1. The van der Waals surface area contributed by atoms with Crippen LogP contribution in [0.1, 0.15) is 32.8 Å². The first-order valence-corrected chi connectivity index (χ1v) is 6.78. The van der Waals surface area contributed by atoms with Gasteiger partial charge in [0, 0.05) is 16.5 Å². The van der Waals surface area contributed by atoms with E-state index in [0.717, 1.165) is 11.1 Å². The molecule has 0 radical (unpaired) electrons. The quantitative estimate of drug-likeness (QED) is 0.636. The molecule has 0 N–H and O–H groups in total. The Hall–Kier alpha value is -2.42. The zero-order chi connectivity index (χ0) is 15.1. The molecule has 2 nitrogen and oxygen atoms in total. The van der Waals surface area contributed by atoms with Gasteiger partial charge >= 0.3 is 0 Å². The molecule has 0 aliphatic heterocycles. The van der Waals surface area contributed by atoms with Gasteiger partial charge in [-0.05, 0) is 56.2 Å². The molecule has 106 valence electrons. The summed E-state index contributed by atoms with van der Waals surface area (Å²) in [5.74, 6) is -0.234. The maximum absolute atomic E-state index is 13.3. The normalized spacial score (nSPS) is 11.0. The number of carbonyl (C=O) groups is 1. The van der Waals surface area contributed by atoms with E-state index in [4.69, 9.17) is 4.42 Å². The van der Waals surface area contributed by atoms with Crippen molar-refractivity contribution in [3.63, 3.8) is 0 Å². The van der Waals surface area contributed by atoms with Crippen LogP contribution in [0.4, 0.5) is 4.39 Å². The molecule has 2 aromatic carbocycles. The number of aryl methyl sites for hydroxylation is 3. The largest absolute Gasteiger partial charge is 0.452 e. The van der Waals surface area contributed by atoms with Crippen LogP contribution >= 0.6 is 0 Å². The Bertz CT molecular complexity index is 859. The molecule has 0 aliphatic rings. The molecule has 0 amide bonds. The summed E-state index contributed by atoms with van der Waals surface area (Å²) in [6.07, 6.45) is 0. The number of halogens is 1. The molecule has 3 aromatic rings. The van der Waals surface area contributed by atoms with Crippen LogP contribution in [-0.2, 0) is 0 Å². The Morgan fingerprint density at radius 1 is 1.00 bits per heavy atom. The Balaban J connectivity index is 2.13. The SMILES string of the molecule is Cc1ccc(C(=O)c2oc3ccc(F)cc3c2C)cc1C. The standard InChI is InChI=1S/C18H15FO2/c1-10-4-5-13(8-11(10)2)17(20)18-12(3)15-9-14(19)6-7-16(15)21-18/h4-9H,1-3H3. The minimum Gasteiger partial charge on any atom is -0.452 e. The molecular weight excluding hydrogens is 267 g/mol. The fourth-order valence-electron chi connectivity index (χ4n) is 2.42. The van der Waals surface area contributed by atoms with E-state index in [9.17, 15) is 9.18 Å². The van der Waals surface area contributed by atoms with Crippen molar-refractivity contribution < 1.29 is 13.6 Å². The van der Waals surface area contributed by atoms with Crippen LogP contribution in [0.3, 0.4) is 0 Å². The van der Waals surface area contributed by atoms with E-state index in [1.165, 1.54) is 12.1 Å². The first-order chi connectivity index (χ1) is 9.97. The Kier molecular flexibility index (Phi) is 3.13. The number of hydrogen-bond donors (Lipinski definition) is 0. The second kappa shape index (κ2) is 4.85. The maximum Gasteiger partial charge on any atom is 0.228 e. The minimum absolute atomic E-state index is 0.174. The van der Waals surface area contributed by atoms with Crippen molar-refractivity contribution in [2.24, 2.45) is 0 Å². The zero-order valence-electron chi connectivity index (χ0n) is 12.2. The number of carbonyl (C=O) groups excluding carboxylic acids is 1. The molecule has 0 saturated heterocycles. The molecule has 0 spiro atoms. The first-order valence-electron chi connectivity index (χ1n) is 6.78. The third-order valence-corrected chi connectivity index (χ3v) is 3.87. The molecule has 21 heavy (non-hydrogen) atoms. The Morgan fingerprint density at radius 2 is 1.76 bits per heavy atom. The summed E-state index contributed by atoms with van der Waals surface area (Å²) in [7, 11) is 0. The monoisotopic (exact) mass is 282 g/mol. The van der Waals surface area contributed by atoms with E-state index >= 15 is 0 Å². The van der Waals surface area contributed by atoms with Gasteiger partial charge in [-0.25, -0.2) is 4.39 Å². The molecular formula is C18H15FO2. The van der Waals surface area contributed by atoms with Crippen LogP contribution < -0.4 is 0 Å². The second-order valence-electron chi connectivity index (χ2n) is 5.32. The van der Waals surface area contributed by atoms with Gasteiger partial charge in [0.2, 0.25) is 5.78 Å². The molecule has 0 saturated carbocycles. The van der Waals surface area contributed by atoms with Crippen molar-refractivity contribution in [2.45, 2.75) is 20.8 Å². The lowest BCUT2D eigenvalue weighted by Gasteiger charge is -2.03. The van der Waals surface area contributed by atoms with Crippen LogP contribution in [0.15, 0.2) is 40.8 Å². The van der Waals surface area contributed by atoms with Crippen molar-refractivity contribution in [1.82, 2.24) is 0 Å². The highest BCUT2D eigenvalue weighted by atomic mass is 19.1. The van der Waals surface area contributed by atoms with Crippen molar-refractivity contribution in [1.29, 1.82) is 0 Å². The van der Waals surface area contributed by atoms with E-state index < -0.39 is 0 Å². The predicted molar refractivity (Wildman–Crippen MR) is 80.3 cm³/mol. The van der Waals surface area contributed by atoms with E-state index in [1.807, 2.05) is 26.0 Å². The molecule has 0 atom stereocenters. The van der Waals surface area contributed by atoms with E-state index in [1.54, 1.807) is 19.1 Å². The smallest absolute Gasteiger partial charge is 0.228 e. The lowest BCUT2D eigenvalue weighted by Crippen LogP contribution is -2.02. The van der Waals surface area contributed by atoms with Crippen molar-refractivity contribution in [3.05, 3.63) is 70.2 Å². The van der Waals surface area contributed by atoms with Crippen molar-refractivity contribution in [2.75, 3.05) is 0 Å². The summed E-state index contributed by atoms with van der Waals surface area (Å²) < 4.78 is 18.9. The van der Waals surface area contributed by atoms with Gasteiger partial charge < -0.3 is 4.42 Å². The summed E-state index contributed by atoms with van der Waals surface area (Å²) in [6, 6.07) is 9.83. The molecule has 3 heteroatoms. The average Bonchev–Trinajstić information content (AvgIpc) is 2.78. The second-order valence-corrected chi connectivity index (χ2v) is 5.32. The van der Waals surface area contributed by atoms with Crippen LogP contribution in [-0.4, -0.2) is 5.78 Å². The molecule has 1 aromatic heterocycles. The topological polar surface area (TPSA) is 30.2 Å². The fourth-order valence-corrected chi connectivity index (χ4v) is 2.42. The Labute approximate surface area is 122 Å². The van der Waals surface area contributed by atoms with Gasteiger partial charge in [-0.1, -0.05) is 12.1 Å². The number of benzene rings is 2. The third kappa shape index (κ3) is 2.25. The van der Waals surface area contributed by atoms with Gasteiger partial charge in [0.15, 0.2) is 5.76 Å². The van der Waals surface area contributed by atoms with Gasteiger partial charge in [-0.15, -0.1) is 0 Å². The highest BCUT2D eigenvalue weighted by Gasteiger charge is 2.19. The van der Waals surface area contributed by atoms with Gasteiger partial charge in [-0.3, -0.25) is 4.79 Å². The van der Waals surface area contributed by atoms with Crippen molar-refractivity contribution >= 4 is 16.8 Å². The number of furan rings is 1. The van der Waals surface area contributed by atoms with Gasteiger partial charge in [-0.2, -0.15) is 0 Å². The fraction of sp³-hybridized carbons (Fsp3) is 0.167. The summed E-state index contributed by atoms with van der Waals surface area (Å²) in [5.41, 5.74) is 3.98. The highest BCUT2D eigenvalue weighted by molar-refractivity contribution is 6.10. The van der Waals surface area contributed by atoms with Crippen LogP contribution in [0, 0.1) is 26.6 Å². The van der Waals surface area contributed by atoms with Crippen LogP contribution in [0.25, 0.3) is 11.0 Å². The molecule has 3 rings (SSSR count). The zero-order valence-corrected chi connectivity index (χ0v) is 12.2. The van der Waals surface area contributed by atoms with E-state index in [0.29, 0.717) is 22.1 Å². The summed E-state index contributed by atoms with van der Waals surface area (Å²) >= 11 is 0. The molecule has 0 unspecified atom stereocenters. The van der Waals surface area contributed by atoms with Gasteiger partial charge in [0.05, 0.1) is 0 Å². The first kappa shape index (κ1) is 13.6. The van der Waals surface area contributed by atoms with E-state index in [2.05, 4.69) is 0 Å². The lowest BCUT2D eigenvalue weighted by molar-refractivity contribution is 0.101. The summed E-state index contributed by atoms with van der Waals surface area (Å²) in [6.45, 7) is 5.74. The molecule has 0 bridgehead atoms. The molecule has 0 aliphatic carbocycles. The lowest BCUT2D eigenvalue weighted by atomic mass is 10.0. The number of ketones is 1. The Morgan fingerprint density at radius 3 is 2.48 bits per heavy atom. The van der Waals surface area contributed by atoms with Crippen LogP contribution in [0.5, 0.6) is 0 Å². The molecule has 0 fully saturated rings. The summed E-state index contributed by atoms with van der Waals surface area (Å²) in [5, 5.41) is 0.641. The minimum atomic E-state index is -0.337. The molecule has 1 heterocycles.